The van der Waals surface area contributed by atoms with Crippen LogP contribution in [0.25, 0.3) is 0 Å². The van der Waals surface area contributed by atoms with Gasteiger partial charge in [0, 0.05) is 0 Å². The molecule has 0 heteroatoms. The summed E-state index contributed by atoms with van der Waals surface area (Å²) in [6.07, 6.45) is 22.8. The van der Waals surface area contributed by atoms with Gasteiger partial charge in [-0.25, -0.2) is 0 Å². The molecular formula is C26H40. The Balaban J connectivity index is 1.38. The minimum Gasteiger partial charge on any atom is -0.0527 e. The van der Waals surface area contributed by atoms with E-state index in [1.165, 1.54) is 71.0 Å². The van der Waals surface area contributed by atoms with Crippen LogP contribution in [0.5, 0.6) is 0 Å². The molecule has 0 spiro atoms. The molecule has 0 N–H and O–H groups in total. The van der Waals surface area contributed by atoms with E-state index in [4.69, 9.17) is 0 Å². The molecular weight excluding hydrogens is 312 g/mol. The second-order valence-electron chi connectivity index (χ2n) is 12.2. The molecule has 0 bridgehead atoms. The Hall–Kier alpha value is 0. The third kappa shape index (κ3) is 1.98. The lowest BCUT2D eigenvalue weighted by atomic mass is 9.48. The van der Waals surface area contributed by atoms with Crippen LogP contribution in [0.3, 0.4) is 0 Å². The van der Waals surface area contributed by atoms with Gasteiger partial charge in [0.2, 0.25) is 0 Å². The fourth-order valence-electron chi connectivity index (χ4n) is 11.7. The zero-order valence-electron chi connectivity index (χ0n) is 16.8. The fraction of sp³-hybridized carbons (Fsp3) is 1.00. The van der Waals surface area contributed by atoms with Gasteiger partial charge in [0.05, 0.1) is 0 Å². The lowest BCUT2D eigenvalue weighted by molar-refractivity contribution is -0.0850. The van der Waals surface area contributed by atoms with Gasteiger partial charge in [-0.15, -0.1) is 0 Å². The largest absolute Gasteiger partial charge is 0.0527 e. The predicted octanol–water partition coefficient (Wildman–Crippen LogP) is 6.94. The maximum absolute atomic E-state index is 1.67. The van der Waals surface area contributed by atoms with E-state index in [-0.39, 0.29) is 0 Å². The Morgan fingerprint density at radius 1 is 0.308 bits per heavy atom. The third-order valence-corrected chi connectivity index (χ3v) is 11.8. The fourth-order valence-corrected chi connectivity index (χ4v) is 11.7. The van der Waals surface area contributed by atoms with Crippen molar-refractivity contribution >= 4 is 0 Å². The van der Waals surface area contributed by atoms with Crippen LogP contribution in [0, 0.1) is 71.0 Å². The molecule has 0 aliphatic heterocycles. The monoisotopic (exact) mass is 352 g/mol. The van der Waals surface area contributed by atoms with Crippen molar-refractivity contribution in [2.45, 2.75) is 89.9 Å². The van der Waals surface area contributed by atoms with Crippen LogP contribution in [0.4, 0.5) is 0 Å². The van der Waals surface area contributed by atoms with Gasteiger partial charge in [0.1, 0.15) is 0 Å². The predicted molar refractivity (Wildman–Crippen MR) is 107 cm³/mol. The topological polar surface area (TPSA) is 0 Å². The van der Waals surface area contributed by atoms with Gasteiger partial charge in [-0.05, 0) is 110 Å². The van der Waals surface area contributed by atoms with Gasteiger partial charge in [0.15, 0.2) is 0 Å². The van der Waals surface area contributed by atoms with Crippen molar-refractivity contribution < 1.29 is 0 Å². The molecule has 0 heterocycles. The second kappa shape index (κ2) is 5.76. The Morgan fingerprint density at radius 3 is 0.846 bits per heavy atom. The maximum atomic E-state index is 1.67. The smallest absolute Gasteiger partial charge is 0.0321 e. The van der Waals surface area contributed by atoms with Crippen molar-refractivity contribution in [3.8, 4) is 0 Å². The van der Waals surface area contributed by atoms with E-state index in [9.17, 15) is 0 Å². The van der Waals surface area contributed by atoms with Gasteiger partial charge in [0.25, 0.3) is 0 Å². The highest BCUT2D eigenvalue weighted by Crippen LogP contribution is 2.69. The second-order valence-corrected chi connectivity index (χ2v) is 12.2. The molecule has 7 aliphatic rings. The number of fused-ring (bicyclic) bond motifs is 2. The van der Waals surface area contributed by atoms with Gasteiger partial charge in [-0.1, -0.05) is 51.4 Å². The van der Waals surface area contributed by atoms with Crippen molar-refractivity contribution in [3.05, 3.63) is 0 Å². The highest BCUT2D eigenvalue weighted by molar-refractivity contribution is 5.11. The highest BCUT2D eigenvalue weighted by atomic mass is 14.7. The molecule has 7 saturated carbocycles. The summed E-state index contributed by atoms with van der Waals surface area (Å²) >= 11 is 0. The minimum absolute atomic E-state index is 1.17. The average molecular weight is 353 g/mol. The molecule has 26 heavy (non-hydrogen) atoms. The van der Waals surface area contributed by atoms with Gasteiger partial charge in [-0.3, -0.25) is 0 Å². The van der Waals surface area contributed by atoms with E-state index in [2.05, 4.69) is 0 Å². The van der Waals surface area contributed by atoms with Crippen molar-refractivity contribution in [2.75, 3.05) is 0 Å². The van der Waals surface area contributed by atoms with Crippen molar-refractivity contribution in [1.29, 1.82) is 0 Å². The SMILES string of the molecule is C1CC2CC3CCCC4C5CCCC6CC7CCCC(C(C1)C2C34)C7C65. The Morgan fingerprint density at radius 2 is 0.577 bits per heavy atom. The van der Waals surface area contributed by atoms with E-state index in [0.29, 0.717) is 0 Å². The van der Waals surface area contributed by atoms with E-state index in [1.807, 2.05) is 0 Å². The first-order valence-electron chi connectivity index (χ1n) is 12.9. The Bertz CT molecular complexity index is 466. The van der Waals surface area contributed by atoms with Crippen LogP contribution in [0.2, 0.25) is 0 Å². The highest BCUT2D eigenvalue weighted by Gasteiger charge is 2.62. The molecule has 12 atom stereocenters. The Labute approximate surface area is 161 Å². The maximum Gasteiger partial charge on any atom is -0.0321 e. The normalized spacial score (nSPS) is 62.8. The van der Waals surface area contributed by atoms with Crippen molar-refractivity contribution in [1.82, 2.24) is 0 Å². The van der Waals surface area contributed by atoms with Gasteiger partial charge in [-0.2, -0.15) is 0 Å². The number of rotatable bonds is 0. The Kier molecular flexibility index (Phi) is 3.52. The lowest BCUT2D eigenvalue weighted by Crippen LogP contribution is -2.51. The summed E-state index contributed by atoms with van der Waals surface area (Å²) in [4.78, 5) is 0. The van der Waals surface area contributed by atoms with Crippen molar-refractivity contribution in [3.63, 3.8) is 0 Å². The van der Waals surface area contributed by atoms with Crippen LogP contribution < -0.4 is 0 Å². The van der Waals surface area contributed by atoms with Crippen LogP contribution in [0.15, 0.2) is 0 Å². The van der Waals surface area contributed by atoms with Crippen LogP contribution in [-0.4, -0.2) is 0 Å². The molecule has 0 aromatic carbocycles. The van der Waals surface area contributed by atoms with Crippen LogP contribution >= 0.6 is 0 Å². The summed E-state index contributed by atoms with van der Waals surface area (Å²) in [5, 5.41) is 0. The summed E-state index contributed by atoms with van der Waals surface area (Å²) in [6, 6.07) is 0. The van der Waals surface area contributed by atoms with Crippen LogP contribution in [-0.2, 0) is 0 Å². The van der Waals surface area contributed by atoms with E-state index < -0.39 is 0 Å². The summed E-state index contributed by atoms with van der Waals surface area (Å²) in [6.45, 7) is 0. The molecule has 7 fully saturated rings. The van der Waals surface area contributed by atoms with Gasteiger partial charge >= 0.3 is 0 Å². The standard InChI is InChI=1S/C26H40/c1-5-15-13-16-6-3-11-21-22-12-4-8-18-14-17-7-2-10-20(24(17)26(18)22)19(9-1)23(15)25(16)21/h15-26H,1-14H2. The summed E-state index contributed by atoms with van der Waals surface area (Å²) < 4.78 is 0. The molecule has 7 rings (SSSR count). The lowest BCUT2D eigenvalue weighted by Gasteiger charge is -2.57. The molecule has 144 valence electrons. The molecule has 0 amide bonds. The average Bonchev–Trinajstić information content (AvgIpc) is 3.24. The molecule has 0 radical (unpaired) electrons. The van der Waals surface area contributed by atoms with Crippen molar-refractivity contribution in [2.24, 2.45) is 71.0 Å². The quantitative estimate of drug-likeness (QED) is 0.443. The molecule has 7 aliphatic carbocycles. The number of hydrogen-bond acceptors (Lipinski definition) is 0. The number of hydrogen-bond donors (Lipinski definition) is 0. The minimum atomic E-state index is 1.17. The molecule has 0 saturated heterocycles. The third-order valence-electron chi connectivity index (χ3n) is 11.8. The zero-order chi connectivity index (χ0) is 16.8. The van der Waals surface area contributed by atoms with Gasteiger partial charge < -0.3 is 0 Å². The molecule has 0 aromatic heterocycles. The summed E-state index contributed by atoms with van der Waals surface area (Å²) in [7, 11) is 0. The zero-order valence-corrected chi connectivity index (χ0v) is 16.8. The molecule has 12 unspecified atom stereocenters. The molecule has 0 aromatic rings. The van der Waals surface area contributed by atoms with Crippen LogP contribution in [0.1, 0.15) is 89.9 Å². The first kappa shape index (κ1) is 15.9. The summed E-state index contributed by atoms with van der Waals surface area (Å²) in [5.41, 5.74) is 0. The first-order chi connectivity index (χ1) is 12.9. The molecule has 0 nitrogen and oxygen atoms in total. The van der Waals surface area contributed by atoms with E-state index in [1.54, 1.807) is 89.9 Å². The van der Waals surface area contributed by atoms with E-state index >= 15 is 0 Å². The summed E-state index contributed by atoms with van der Waals surface area (Å²) in [5.74, 6) is 14.2. The first-order valence-corrected chi connectivity index (χ1v) is 12.9. The van der Waals surface area contributed by atoms with E-state index in [0.717, 1.165) is 0 Å².